The molecule has 0 saturated carbocycles. The van der Waals surface area contributed by atoms with E-state index in [1.165, 1.54) is 193 Å². The maximum Gasteiger partial charge on any atom is 0.306 e. The van der Waals surface area contributed by atoms with E-state index in [4.69, 9.17) is 4.74 Å². The van der Waals surface area contributed by atoms with Crippen LogP contribution in [0.25, 0.3) is 0 Å². The quantitative estimate of drug-likeness (QED) is 0.0321. The molecule has 3 unspecified atom stereocenters. The minimum Gasteiger partial charge on any atom is -0.462 e. The number of allylic oxidation sites excluding steroid dienone is 8. The minimum atomic E-state index is -0.799. The second-order valence-corrected chi connectivity index (χ2v) is 20.5. The molecule has 0 aromatic carbocycles. The summed E-state index contributed by atoms with van der Waals surface area (Å²) in [6.45, 7) is 6.38. The smallest absolute Gasteiger partial charge is 0.306 e. The molecule has 3 N–H and O–H groups in total. The van der Waals surface area contributed by atoms with E-state index in [9.17, 15) is 19.8 Å². The molecule has 0 fully saturated rings. The second kappa shape index (κ2) is 55.7. The Balaban J connectivity index is 4.49. The van der Waals surface area contributed by atoms with E-state index >= 15 is 0 Å². The van der Waals surface area contributed by atoms with Gasteiger partial charge in [0.1, 0.15) is 6.10 Å². The summed E-state index contributed by atoms with van der Waals surface area (Å²) in [6.07, 6.45) is 69.0. The molecule has 0 aromatic rings. The lowest BCUT2D eigenvalue weighted by atomic mass is 10.0. The van der Waals surface area contributed by atoms with Gasteiger partial charge in [0.25, 0.3) is 0 Å². The lowest BCUT2D eigenvalue weighted by Gasteiger charge is -2.24. The summed E-state index contributed by atoms with van der Waals surface area (Å²) >= 11 is 0. The van der Waals surface area contributed by atoms with E-state index in [0.29, 0.717) is 19.3 Å². The van der Waals surface area contributed by atoms with Gasteiger partial charge in [0.15, 0.2) is 0 Å². The van der Waals surface area contributed by atoms with Crippen LogP contribution >= 0.6 is 0 Å². The Morgan fingerprint density at radius 2 is 0.794 bits per heavy atom. The molecule has 1 amide bonds. The first-order chi connectivity index (χ1) is 33.5. The fraction of sp³-hybridized carbons (Fsp3) is 0.839. The van der Waals surface area contributed by atoms with Gasteiger partial charge in [-0.05, 0) is 44.9 Å². The van der Waals surface area contributed by atoms with Gasteiger partial charge < -0.3 is 20.3 Å². The van der Waals surface area contributed by atoms with Crippen LogP contribution in [-0.4, -0.2) is 46.9 Å². The van der Waals surface area contributed by atoms with Gasteiger partial charge in [-0.2, -0.15) is 0 Å². The molecule has 0 heterocycles. The Kier molecular flexibility index (Phi) is 54.0. The first-order valence-corrected chi connectivity index (χ1v) is 29.9. The number of ether oxygens (including phenoxy) is 1. The van der Waals surface area contributed by atoms with Crippen molar-refractivity contribution >= 4 is 11.9 Å². The number of aliphatic hydroxyl groups excluding tert-OH is 2. The molecule has 0 aliphatic rings. The van der Waals surface area contributed by atoms with E-state index in [0.717, 1.165) is 70.6 Å². The summed E-state index contributed by atoms with van der Waals surface area (Å²) in [6, 6.07) is -0.714. The van der Waals surface area contributed by atoms with Crippen LogP contribution in [0.15, 0.2) is 48.6 Å². The molecule has 0 bridgehead atoms. The van der Waals surface area contributed by atoms with Crippen molar-refractivity contribution in [3.8, 4) is 0 Å². The van der Waals surface area contributed by atoms with Gasteiger partial charge in [-0.25, -0.2) is 0 Å². The van der Waals surface area contributed by atoms with Crippen LogP contribution in [0.1, 0.15) is 310 Å². The Morgan fingerprint density at radius 1 is 0.441 bits per heavy atom. The van der Waals surface area contributed by atoms with Crippen molar-refractivity contribution in [1.82, 2.24) is 5.32 Å². The van der Waals surface area contributed by atoms with Crippen LogP contribution in [-0.2, 0) is 14.3 Å². The fourth-order valence-corrected chi connectivity index (χ4v) is 9.27. The molecular weight excluding hydrogens is 839 g/mol. The fourth-order valence-electron chi connectivity index (χ4n) is 9.27. The number of carbonyl (C=O) groups is 2. The Hall–Kier alpha value is -2.18. The lowest BCUT2D eigenvalue weighted by molar-refractivity contribution is -0.151. The Labute approximate surface area is 423 Å². The first kappa shape index (κ1) is 65.8. The summed E-state index contributed by atoms with van der Waals surface area (Å²) in [5.41, 5.74) is 0. The topological polar surface area (TPSA) is 95.9 Å². The highest BCUT2D eigenvalue weighted by molar-refractivity contribution is 5.77. The molecule has 6 nitrogen and oxygen atoms in total. The third-order valence-corrected chi connectivity index (χ3v) is 13.8. The van der Waals surface area contributed by atoms with Crippen molar-refractivity contribution in [1.29, 1.82) is 0 Å². The predicted molar refractivity (Wildman–Crippen MR) is 296 cm³/mol. The number of amides is 1. The van der Waals surface area contributed by atoms with Gasteiger partial charge in [0, 0.05) is 6.42 Å². The number of aliphatic hydroxyl groups is 2. The SMILES string of the molecule is CC/C=C/C=C/C=C/C=C\CCCCCC(CC(=O)NC(CO)C(O)CCCCCCCCCCCCCCCCCCC)OC(=O)CCCCCCCCCCCCCCCCCCCCC. The first-order valence-electron chi connectivity index (χ1n) is 29.9. The largest absolute Gasteiger partial charge is 0.462 e. The molecule has 6 heteroatoms. The molecule has 0 spiro atoms. The number of nitrogens with one attached hydrogen (secondary N) is 1. The third-order valence-electron chi connectivity index (χ3n) is 13.8. The summed E-state index contributed by atoms with van der Waals surface area (Å²) in [4.78, 5) is 26.3. The number of hydrogen-bond donors (Lipinski definition) is 3. The summed E-state index contributed by atoms with van der Waals surface area (Å²) in [5, 5.41) is 23.9. The third kappa shape index (κ3) is 50.2. The van der Waals surface area contributed by atoms with Crippen molar-refractivity contribution < 1.29 is 24.5 Å². The molecule has 0 rings (SSSR count). The molecule has 68 heavy (non-hydrogen) atoms. The molecule has 398 valence electrons. The average Bonchev–Trinajstić information content (AvgIpc) is 3.33. The highest BCUT2D eigenvalue weighted by Crippen LogP contribution is 2.19. The van der Waals surface area contributed by atoms with Gasteiger partial charge in [-0.15, -0.1) is 0 Å². The zero-order valence-electron chi connectivity index (χ0n) is 45.5. The highest BCUT2D eigenvalue weighted by Gasteiger charge is 2.24. The summed E-state index contributed by atoms with van der Waals surface area (Å²) in [7, 11) is 0. The van der Waals surface area contributed by atoms with E-state index in [-0.39, 0.29) is 24.9 Å². The van der Waals surface area contributed by atoms with Gasteiger partial charge in [-0.1, -0.05) is 301 Å². The van der Waals surface area contributed by atoms with Gasteiger partial charge in [0.2, 0.25) is 5.91 Å². The van der Waals surface area contributed by atoms with Crippen molar-refractivity contribution in [2.45, 2.75) is 328 Å². The monoisotopic (exact) mass is 954 g/mol. The summed E-state index contributed by atoms with van der Waals surface area (Å²) < 4.78 is 5.95. The van der Waals surface area contributed by atoms with E-state index in [1.807, 2.05) is 24.3 Å². The average molecular weight is 955 g/mol. The molecular formula is C62H115NO5. The number of carbonyl (C=O) groups excluding carboxylic acids is 2. The molecule has 0 aliphatic carbocycles. The Bertz CT molecular complexity index is 1160. The van der Waals surface area contributed by atoms with Crippen LogP contribution in [0.3, 0.4) is 0 Å². The van der Waals surface area contributed by atoms with Crippen molar-refractivity contribution in [2.75, 3.05) is 6.61 Å². The van der Waals surface area contributed by atoms with Crippen molar-refractivity contribution in [2.24, 2.45) is 0 Å². The number of unbranched alkanes of at least 4 members (excludes halogenated alkanes) is 37. The Morgan fingerprint density at radius 3 is 1.21 bits per heavy atom. The maximum absolute atomic E-state index is 13.3. The lowest BCUT2D eigenvalue weighted by Crippen LogP contribution is -2.46. The summed E-state index contributed by atoms with van der Waals surface area (Å²) in [5.74, 6) is -0.498. The van der Waals surface area contributed by atoms with E-state index in [1.54, 1.807) is 0 Å². The molecule has 0 radical (unpaired) electrons. The maximum atomic E-state index is 13.3. The van der Waals surface area contributed by atoms with Crippen LogP contribution in [0, 0.1) is 0 Å². The zero-order valence-corrected chi connectivity index (χ0v) is 45.5. The predicted octanol–water partition coefficient (Wildman–Crippen LogP) is 18.6. The van der Waals surface area contributed by atoms with Crippen LogP contribution in [0.5, 0.6) is 0 Å². The van der Waals surface area contributed by atoms with Crippen LogP contribution < -0.4 is 5.32 Å². The van der Waals surface area contributed by atoms with Gasteiger partial charge in [-0.3, -0.25) is 9.59 Å². The zero-order chi connectivity index (χ0) is 49.5. The molecule has 3 atom stereocenters. The number of esters is 1. The molecule has 0 aromatic heterocycles. The number of rotatable bonds is 54. The van der Waals surface area contributed by atoms with Gasteiger partial charge >= 0.3 is 5.97 Å². The van der Waals surface area contributed by atoms with Crippen LogP contribution in [0.4, 0.5) is 0 Å². The molecule has 0 saturated heterocycles. The van der Waals surface area contributed by atoms with E-state index < -0.39 is 18.2 Å². The highest BCUT2D eigenvalue weighted by atomic mass is 16.5. The second-order valence-electron chi connectivity index (χ2n) is 20.5. The van der Waals surface area contributed by atoms with Crippen molar-refractivity contribution in [3.63, 3.8) is 0 Å². The normalized spacial score (nSPS) is 13.4. The van der Waals surface area contributed by atoms with Crippen LogP contribution in [0.2, 0.25) is 0 Å². The van der Waals surface area contributed by atoms with Crippen molar-refractivity contribution in [3.05, 3.63) is 48.6 Å². The van der Waals surface area contributed by atoms with Gasteiger partial charge in [0.05, 0.1) is 25.2 Å². The number of hydrogen-bond acceptors (Lipinski definition) is 5. The minimum absolute atomic E-state index is 0.0545. The standard InChI is InChI=1S/C62H115NO5/c1-4-7-10-13-16-19-22-25-27-29-30-32-34-37-40-43-46-49-52-55-62(67)68-58(53-50-47-44-41-38-35-24-21-18-15-12-9-6-3)56-61(66)63-59(57-64)60(65)54-51-48-45-42-39-36-33-31-28-26-23-20-17-14-11-8-5-2/h9,12,15,18,21,24,35,38,58-60,64-65H,4-8,10-11,13-14,16-17,19-20,22-23,25-34,36-37,39-57H2,1-3H3,(H,63,66)/b12-9+,18-15+,24-21+,38-35-. The van der Waals surface area contributed by atoms with E-state index in [2.05, 4.69) is 50.4 Å². The molecule has 0 aliphatic heterocycles.